The summed E-state index contributed by atoms with van der Waals surface area (Å²) in [5.74, 6) is 0. The van der Waals surface area contributed by atoms with Crippen LogP contribution in [0.2, 0.25) is 5.02 Å². The molecule has 5 heteroatoms. The average Bonchev–Trinajstić information content (AvgIpc) is 2.27. The highest BCUT2D eigenvalue weighted by Crippen LogP contribution is 2.21. The lowest BCUT2D eigenvalue weighted by molar-refractivity contribution is 0.594. The van der Waals surface area contributed by atoms with Crippen LogP contribution in [0.1, 0.15) is 38.9 Å². The highest BCUT2D eigenvalue weighted by atomic mass is 35.5. The molecule has 2 atom stereocenters. The van der Waals surface area contributed by atoms with Gasteiger partial charge >= 0.3 is 0 Å². The first-order valence-electron chi connectivity index (χ1n) is 5.75. The second-order valence-electron chi connectivity index (χ2n) is 4.97. The van der Waals surface area contributed by atoms with Crippen molar-refractivity contribution in [2.45, 2.75) is 38.0 Å². The highest BCUT2D eigenvalue weighted by Gasteiger charge is 2.23. The van der Waals surface area contributed by atoms with Crippen LogP contribution in [-0.4, -0.2) is 13.9 Å². The fourth-order valence-electron chi connectivity index (χ4n) is 1.31. The second-order valence-corrected chi connectivity index (χ2v) is 7.41. The number of hydrogen-bond donors (Lipinski definition) is 1. The van der Waals surface area contributed by atoms with Gasteiger partial charge in [-0.2, -0.15) is 0 Å². The fraction of sp³-hybridized carbons (Fsp3) is 0.462. The number of nitrogens with zero attached hydrogens (tertiary/aromatic N) is 1. The largest absolute Gasteiger partial charge is 0.259 e. The lowest BCUT2D eigenvalue weighted by Gasteiger charge is -2.23. The molecule has 1 N–H and O–H groups in total. The van der Waals surface area contributed by atoms with E-state index in [4.69, 9.17) is 11.6 Å². The van der Waals surface area contributed by atoms with Gasteiger partial charge < -0.3 is 0 Å². The minimum Gasteiger partial charge on any atom is -0.259 e. The van der Waals surface area contributed by atoms with E-state index >= 15 is 0 Å². The van der Waals surface area contributed by atoms with Crippen molar-refractivity contribution < 1.29 is 4.21 Å². The Balaban J connectivity index is 2.90. The number of aromatic nitrogens is 1. The second kappa shape index (κ2) is 6.45. The molecular weight excluding hydrogens is 268 g/mol. The van der Waals surface area contributed by atoms with Crippen molar-refractivity contribution in [2.24, 2.45) is 0 Å². The van der Waals surface area contributed by atoms with Crippen molar-refractivity contribution in [3.63, 3.8) is 0 Å². The Hall–Kier alpha value is -0.710. The highest BCUT2D eigenvalue weighted by molar-refractivity contribution is 7.84. The standard InChI is InChI=1S/C13H19ClN2OS/c1-5-6-11(16-18(17)13(2,3)4)12-9-10(14)7-8-15-12/h5,7-9,11,16H,1,6H2,2-4H3. The van der Waals surface area contributed by atoms with Crippen molar-refractivity contribution in [1.29, 1.82) is 0 Å². The third kappa shape index (κ3) is 4.52. The van der Waals surface area contributed by atoms with Crippen LogP contribution in [0.25, 0.3) is 0 Å². The van der Waals surface area contributed by atoms with Crippen LogP contribution in [0, 0.1) is 0 Å². The zero-order chi connectivity index (χ0) is 13.8. The van der Waals surface area contributed by atoms with Gasteiger partial charge in [0.25, 0.3) is 0 Å². The van der Waals surface area contributed by atoms with Crippen molar-refractivity contribution in [1.82, 2.24) is 9.71 Å². The van der Waals surface area contributed by atoms with Crippen LogP contribution in [0.5, 0.6) is 0 Å². The zero-order valence-electron chi connectivity index (χ0n) is 10.9. The van der Waals surface area contributed by atoms with Crippen molar-refractivity contribution >= 4 is 22.6 Å². The maximum Gasteiger partial charge on any atom is 0.0976 e. The normalized spacial score (nSPS) is 15.1. The van der Waals surface area contributed by atoms with Crippen molar-refractivity contribution in [2.75, 3.05) is 0 Å². The summed E-state index contributed by atoms with van der Waals surface area (Å²) in [6, 6.07) is 3.36. The van der Waals surface area contributed by atoms with E-state index in [1.54, 1.807) is 24.4 Å². The molecule has 0 bridgehead atoms. The van der Waals surface area contributed by atoms with Gasteiger partial charge in [-0.15, -0.1) is 6.58 Å². The maximum absolute atomic E-state index is 12.1. The fourth-order valence-corrected chi connectivity index (χ4v) is 2.31. The van der Waals surface area contributed by atoms with E-state index in [1.807, 2.05) is 20.8 Å². The Morgan fingerprint density at radius 2 is 2.28 bits per heavy atom. The Bertz CT molecular complexity index is 443. The first-order valence-corrected chi connectivity index (χ1v) is 7.27. The Morgan fingerprint density at radius 1 is 1.61 bits per heavy atom. The summed E-state index contributed by atoms with van der Waals surface area (Å²) in [7, 11) is -1.16. The summed E-state index contributed by atoms with van der Waals surface area (Å²) in [4.78, 5) is 4.26. The van der Waals surface area contributed by atoms with Gasteiger partial charge in [-0.05, 0) is 39.3 Å². The van der Waals surface area contributed by atoms with E-state index in [-0.39, 0.29) is 10.8 Å². The summed E-state index contributed by atoms with van der Waals surface area (Å²) in [5, 5.41) is 0.623. The number of nitrogens with one attached hydrogen (secondary N) is 1. The molecule has 1 aromatic rings. The lowest BCUT2D eigenvalue weighted by Crippen LogP contribution is -2.35. The first-order chi connectivity index (χ1) is 8.34. The molecule has 2 unspecified atom stereocenters. The van der Waals surface area contributed by atoms with Crippen molar-refractivity contribution in [3.05, 3.63) is 41.7 Å². The minimum atomic E-state index is -1.16. The third-order valence-corrected chi connectivity index (χ3v) is 4.15. The molecule has 0 aliphatic heterocycles. The molecule has 18 heavy (non-hydrogen) atoms. The summed E-state index contributed by atoms with van der Waals surface area (Å²) in [6.45, 7) is 9.49. The van der Waals surface area contributed by atoms with Gasteiger partial charge in [-0.25, -0.2) is 8.93 Å². The number of hydrogen-bond acceptors (Lipinski definition) is 2. The quantitative estimate of drug-likeness (QED) is 0.843. The SMILES string of the molecule is C=CCC(NS(=O)C(C)(C)C)c1cc(Cl)ccn1. The van der Waals surface area contributed by atoms with E-state index < -0.39 is 11.0 Å². The average molecular weight is 287 g/mol. The minimum absolute atomic E-state index is 0.138. The topological polar surface area (TPSA) is 42.0 Å². The van der Waals surface area contributed by atoms with E-state index in [2.05, 4.69) is 16.3 Å². The molecular formula is C13H19ClN2OS. The van der Waals surface area contributed by atoms with Gasteiger partial charge in [-0.3, -0.25) is 4.98 Å². The predicted molar refractivity (Wildman–Crippen MR) is 77.8 cm³/mol. The molecule has 1 aromatic heterocycles. The lowest BCUT2D eigenvalue weighted by atomic mass is 10.1. The van der Waals surface area contributed by atoms with Gasteiger partial charge in [0, 0.05) is 11.2 Å². The monoisotopic (exact) mass is 286 g/mol. The van der Waals surface area contributed by atoms with Gasteiger partial charge in [-0.1, -0.05) is 17.7 Å². The van der Waals surface area contributed by atoms with Crippen LogP contribution in [0.4, 0.5) is 0 Å². The predicted octanol–water partition coefficient (Wildman–Crippen LogP) is 3.40. The molecule has 0 spiro atoms. The molecule has 0 fully saturated rings. The van der Waals surface area contributed by atoms with Crippen LogP contribution in [0.3, 0.4) is 0 Å². The smallest absolute Gasteiger partial charge is 0.0976 e. The molecule has 0 aliphatic carbocycles. The number of rotatable bonds is 5. The number of halogens is 1. The number of pyridine rings is 1. The van der Waals surface area contributed by atoms with Crippen LogP contribution < -0.4 is 4.72 Å². The van der Waals surface area contributed by atoms with Gasteiger partial charge in [0.05, 0.1) is 27.5 Å². The Labute approximate surface area is 116 Å². The molecule has 3 nitrogen and oxygen atoms in total. The van der Waals surface area contributed by atoms with Crippen LogP contribution >= 0.6 is 11.6 Å². The summed E-state index contributed by atoms with van der Waals surface area (Å²) >= 11 is 5.95. The molecule has 0 amide bonds. The Kier molecular flexibility index (Phi) is 5.50. The molecule has 0 aliphatic rings. The maximum atomic E-state index is 12.1. The summed E-state index contributed by atoms with van der Waals surface area (Å²) in [6.07, 6.45) is 4.07. The summed E-state index contributed by atoms with van der Waals surface area (Å²) in [5.41, 5.74) is 0.778. The summed E-state index contributed by atoms with van der Waals surface area (Å²) < 4.78 is 14.9. The molecule has 0 radical (unpaired) electrons. The first kappa shape index (κ1) is 15.3. The van der Waals surface area contributed by atoms with E-state index in [0.29, 0.717) is 11.4 Å². The third-order valence-electron chi connectivity index (χ3n) is 2.31. The molecule has 0 saturated heterocycles. The molecule has 100 valence electrons. The van der Waals surface area contributed by atoms with Crippen molar-refractivity contribution in [3.8, 4) is 0 Å². The van der Waals surface area contributed by atoms with Gasteiger partial charge in [0.15, 0.2) is 0 Å². The molecule has 0 saturated carbocycles. The van der Waals surface area contributed by atoms with Crippen LogP contribution in [-0.2, 0) is 11.0 Å². The molecule has 1 heterocycles. The Morgan fingerprint density at radius 3 is 2.78 bits per heavy atom. The molecule has 0 aromatic carbocycles. The van der Waals surface area contributed by atoms with Gasteiger partial charge in [0.1, 0.15) is 0 Å². The van der Waals surface area contributed by atoms with Gasteiger partial charge in [0.2, 0.25) is 0 Å². The van der Waals surface area contributed by atoms with E-state index in [0.717, 1.165) is 5.69 Å². The van der Waals surface area contributed by atoms with E-state index in [1.165, 1.54) is 0 Å². The van der Waals surface area contributed by atoms with E-state index in [9.17, 15) is 4.21 Å². The zero-order valence-corrected chi connectivity index (χ0v) is 12.5. The van der Waals surface area contributed by atoms with Crippen LogP contribution in [0.15, 0.2) is 31.0 Å². The molecule has 1 rings (SSSR count).